The van der Waals surface area contributed by atoms with Gasteiger partial charge >= 0.3 is 0 Å². The normalized spacial score (nSPS) is 24.1. The summed E-state index contributed by atoms with van der Waals surface area (Å²) in [6.45, 7) is 4.27. The molecule has 1 saturated heterocycles. The van der Waals surface area contributed by atoms with E-state index in [-0.39, 0.29) is 11.9 Å². The molecule has 0 aromatic heterocycles. The molecule has 2 aliphatic heterocycles. The summed E-state index contributed by atoms with van der Waals surface area (Å²) in [4.78, 5) is 16.7. The highest BCUT2D eigenvalue weighted by molar-refractivity contribution is 6.35. The molecule has 2 aliphatic rings. The maximum atomic E-state index is 13.1. The molecule has 5 heteroatoms. The third-order valence-electron chi connectivity index (χ3n) is 5.68. The van der Waals surface area contributed by atoms with Gasteiger partial charge in [0.05, 0.1) is 32.1 Å². The van der Waals surface area contributed by atoms with E-state index < -0.39 is 0 Å². The summed E-state index contributed by atoms with van der Waals surface area (Å²) in [7, 11) is 2.23. The number of amides is 1. The molecule has 0 saturated carbocycles. The molecule has 0 aliphatic carbocycles. The Morgan fingerprint density at radius 3 is 2.81 bits per heavy atom. The predicted octanol–water partition coefficient (Wildman–Crippen LogP) is 3.73. The van der Waals surface area contributed by atoms with Crippen molar-refractivity contribution in [3.8, 4) is 0 Å². The van der Waals surface area contributed by atoms with Crippen LogP contribution in [0, 0.1) is 6.92 Å². The van der Waals surface area contributed by atoms with Crippen molar-refractivity contribution in [3.63, 3.8) is 0 Å². The van der Waals surface area contributed by atoms with Gasteiger partial charge in [-0.05, 0) is 42.3 Å². The quantitative estimate of drug-likeness (QED) is 0.761. The van der Waals surface area contributed by atoms with E-state index in [1.54, 1.807) is 24.3 Å². The van der Waals surface area contributed by atoms with Gasteiger partial charge in [0.1, 0.15) is 0 Å². The molecule has 0 radical (unpaired) electrons. The lowest BCUT2D eigenvalue weighted by Crippen LogP contribution is -3.11. The Labute approximate surface area is 170 Å². The molecule has 27 heavy (non-hydrogen) atoms. The lowest BCUT2D eigenvalue weighted by molar-refractivity contribution is -0.886. The number of likely N-dealkylation sites (tertiary alicyclic amines) is 1. The number of carbonyl (C=O) groups excluding carboxylic acids is 1. The van der Waals surface area contributed by atoms with Crippen LogP contribution in [0.4, 0.5) is 5.69 Å². The van der Waals surface area contributed by atoms with Crippen LogP contribution in [0.2, 0.25) is 10.0 Å². The molecule has 2 heterocycles. The minimum Gasteiger partial charge on any atom is -0.337 e. The molecular formula is C22H23Cl2N2O+. The van der Waals surface area contributed by atoms with Crippen molar-refractivity contribution >= 4 is 40.9 Å². The Balaban J connectivity index is 1.66. The Bertz CT molecular complexity index is 925. The highest BCUT2D eigenvalue weighted by Gasteiger charge is 2.45. The fraction of sp³-hybridized carbons (Fsp3) is 0.318. The van der Waals surface area contributed by atoms with E-state index in [4.69, 9.17) is 23.2 Å². The zero-order valence-corrected chi connectivity index (χ0v) is 17.0. The first-order chi connectivity index (χ1) is 12.9. The van der Waals surface area contributed by atoms with Crippen molar-refractivity contribution in [3.05, 3.63) is 69.2 Å². The lowest BCUT2D eigenvalue weighted by Gasteiger charge is -2.34. The number of benzene rings is 2. The first-order valence-corrected chi connectivity index (χ1v) is 10.1. The highest BCUT2D eigenvalue weighted by atomic mass is 35.5. The zero-order valence-electron chi connectivity index (χ0n) is 15.5. The van der Waals surface area contributed by atoms with Gasteiger partial charge in [-0.1, -0.05) is 47.0 Å². The summed E-state index contributed by atoms with van der Waals surface area (Å²) < 4.78 is 0. The van der Waals surface area contributed by atoms with Crippen molar-refractivity contribution in [2.24, 2.45) is 0 Å². The van der Waals surface area contributed by atoms with Gasteiger partial charge in [-0.3, -0.25) is 4.79 Å². The molecule has 3 atom stereocenters. The molecule has 140 valence electrons. The van der Waals surface area contributed by atoms with Crippen LogP contribution in [0.25, 0.3) is 6.08 Å². The minimum atomic E-state index is 0.0122. The molecule has 2 aromatic rings. The smallest absolute Gasteiger partial charge is 0.251 e. The number of quaternary nitrogens is 1. The Kier molecular flexibility index (Phi) is 5.02. The van der Waals surface area contributed by atoms with Crippen LogP contribution >= 0.6 is 23.2 Å². The SMILES string of the molecule is Cc1ccc2c(c1)[C@H]1C[NH+](C)CC[C@H]1N2C(=O)/C=C/c1ccc(Cl)cc1Cl. The number of fused-ring (bicyclic) bond motifs is 3. The number of piperidine rings is 1. The van der Waals surface area contributed by atoms with Gasteiger partial charge in [0.2, 0.25) is 0 Å². The van der Waals surface area contributed by atoms with Crippen molar-refractivity contribution in [1.82, 2.24) is 0 Å². The number of likely N-dealkylation sites (N-methyl/N-ethyl adjacent to an activating group) is 1. The number of hydrogen-bond donors (Lipinski definition) is 1. The van der Waals surface area contributed by atoms with Crippen LogP contribution in [0.5, 0.6) is 0 Å². The third-order valence-corrected chi connectivity index (χ3v) is 6.24. The predicted molar refractivity (Wildman–Crippen MR) is 112 cm³/mol. The molecule has 4 rings (SSSR count). The van der Waals surface area contributed by atoms with E-state index in [2.05, 4.69) is 32.2 Å². The average molecular weight is 402 g/mol. The molecule has 3 nitrogen and oxygen atoms in total. The van der Waals surface area contributed by atoms with E-state index in [1.165, 1.54) is 16.0 Å². The molecule has 1 unspecified atom stereocenters. The number of anilines is 1. The van der Waals surface area contributed by atoms with Gasteiger partial charge in [-0.25, -0.2) is 0 Å². The topological polar surface area (TPSA) is 24.8 Å². The second kappa shape index (κ2) is 7.31. The first-order valence-electron chi connectivity index (χ1n) is 9.32. The number of halogens is 2. The number of rotatable bonds is 2. The maximum absolute atomic E-state index is 13.1. The summed E-state index contributed by atoms with van der Waals surface area (Å²) in [5.41, 5.74) is 4.41. The first kappa shape index (κ1) is 18.5. The maximum Gasteiger partial charge on any atom is 0.251 e. The Morgan fingerprint density at radius 2 is 2.04 bits per heavy atom. The molecule has 1 fully saturated rings. The number of carbonyl (C=O) groups is 1. The van der Waals surface area contributed by atoms with Crippen LogP contribution in [0.1, 0.15) is 29.0 Å². The van der Waals surface area contributed by atoms with Crippen LogP contribution in [0.15, 0.2) is 42.5 Å². The van der Waals surface area contributed by atoms with Crippen LogP contribution < -0.4 is 9.80 Å². The van der Waals surface area contributed by atoms with Crippen LogP contribution in [0.3, 0.4) is 0 Å². The molecule has 1 N–H and O–H groups in total. The monoisotopic (exact) mass is 401 g/mol. The Morgan fingerprint density at radius 1 is 1.22 bits per heavy atom. The van der Waals surface area contributed by atoms with E-state index in [9.17, 15) is 4.79 Å². The summed E-state index contributed by atoms with van der Waals surface area (Å²) in [5, 5.41) is 1.13. The van der Waals surface area contributed by atoms with Crippen molar-refractivity contribution in [2.45, 2.75) is 25.3 Å². The standard InChI is InChI=1S/C22H22Cl2N2O/c1-14-3-7-20-17(11-14)18-13-25(2)10-9-21(18)26(20)22(27)8-5-15-4-6-16(23)12-19(15)24/h3-8,11-12,18,21H,9-10,13H2,1-2H3/p+1/b8-5+/t18-,21-/m1/s1. The molecule has 0 spiro atoms. The number of aryl methyl sites for hydroxylation is 1. The lowest BCUT2D eigenvalue weighted by atomic mass is 9.89. The van der Waals surface area contributed by atoms with Crippen LogP contribution in [-0.2, 0) is 4.79 Å². The molecule has 0 bridgehead atoms. The van der Waals surface area contributed by atoms with Gasteiger partial charge in [-0.2, -0.15) is 0 Å². The van der Waals surface area contributed by atoms with E-state index in [0.717, 1.165) is 30.8 Å². The van der Waals surface area contributed by atoms with E-state index in [1.807, 2.05) is 11.0 Å². The molecule has 2 aromatic carbocycles. The van der Waals surface area contributed by atoms with Gasteiger partial charge in [0.15, 0.2) is 0 Å². The highest BCUT2D eigenvalue weighted by Crippen LogP contribution is 2.43. The van der Waals surface area contributed by atoms with Gasteiger partial charge in [0, 0.05) is 28.2 Å². The van der Waals surface area contributed by atoms with Gasteiger partial charge < -0.3 is 9.80 Å². The van der Waals surface area contributed by atoms with Crippen molar-refractivity contribution < 1.29 is 9.69 Å². The fourth-order valence-corrected chi connectivity index (χ4v) is 4.84. The summed E-state index contributed by atoms with van der Waals surface area (Å²) >= 11 is 12.2. The summed E-state index contributed by atoms with van der Waals surface area (Å²) in [6, 6.07) is 12.0. The molecular weight excluding hydrogens is 379 g/mol. The second-order valence-electron chi connectivity index (χ2n) is 7.64. The summed E-state index contributed by atoms with van der Waals surface area (Å²) in [5.74, 6) is 0.420. The van der Waals surface area contributed by atoms with Crippen LogP contribution in [-0.4, -0.2) is 32.1 Å². The van der Waals surface area contributed by atoms with Gasteiger partial charge in [-0.15, -0.1) is 0 Å². The second-order valence-corrected chi connectivity index (χ2v) is 8.49. The zero-order chi connectivity index (χ0) is 19.1. The minimum absolute atomic E-state index is 0.0122. The van der Waals surface area contributed by atoms with Crippen molar-refractivity contribution in [2.75, 3.05) is 25.0 Å². The number of hydrogen-bond acceptors (Lipinski definition) is 1. The van der Waals surface area contributed by atoms with Gasteiger partial charge in [0.25, 0.3) is 5.91 Å². The van der Waals surface area contributed by atoms with E-state index in [0.29, 0.717) is 16.0 Å². The van der Waals surface area contributed by atoms with Crippen molar-refractivity contribution in [1.29, 1.82) is 0 Å². The summed E-state index contributed by atoms with van der Waals surface area (Å²) in [6.07, 6.45) is 4.43. The number of nitrogens with zero attached hydrogens (tertiary/aromatic N) is 1. The fourth-order valence-electron chi connectivity index (χ4n) is 4.36. The largest absolute Gasteiger partial charge is 0.337 e. The molecule has 1 amide bonds. The Hall–Kier alpha value is -1.81. The average Bonchev–Trinajstić information content (AvgIpc) is 2.94. The third kappa shape index (κ3) is 3.52. The number of nitrogens with one attached hydrogen (secondary N) is 1. The van der Waals surface area contributed by atoms with E-state index >= 15 is 0 Å².